The summed E-state index contributed by atoms with van der Waals surface area (Å²) >= 11 is 0.158. The lowest BCUT2D eigenvalue weighted by atomic mass is 10.1. The Labute approximate surface area is 175 Å². The van der Waals surface area contributed by atoms with Crippen molar-refractivity contribution in [3.63, 3.8) is 0 Å². The Morgan fingerprint density at radius 1 is 0.806 bits per heavy atom. The number of alkyl halides is 6. The highest BCUT2D eigenvalue weighted by molar-refractivity contribution is 7.14. The first-order valence-corrected chi connectivity index (χ1v) is 9.33. The van der Waals surface area contributed by atoms with Gasteiger partial charge in [-0.3, -0.25) is 10.1 Å². The minimum Gasteiger partial charge on any atom is -0.308 e. The molecule has 4 nitrogen and oxygen atoms in total. The van der Waals surface area contributed by atoms with Gasteiger partial charge in [-0.15, -0.1) is 11.3 Å². The molecule has 0 saturated carbocycles. The number of urea groups is 1. The number of imide groups is 1. The molecule has 0 aliphatic rings. The van der Waals surface area contributed by atoms with Crippen LogP contribution >= 0.6 is 11.3 Å². The fourth-order valence-electron chi connectivity index (χ4n) is 2.65. The van der Waals surface area contributed by atoms with Crippen molar-refractivity contribution in [1.29, 1.82) is 0 Å². The molecular weight excluding hydrogens is 446 g/mol. The minimum absolute atomic E-state index is 0.158. The lowest BCUT2D eigenvalue weighted by molar-refractivity contribution is -0.137. The summed E-state index contributed by atoms with van der Waals surface area (Å²) in [5, 5.41) is 3.87. The number of benzene rings is 2. The summed E-state index contributed by atoms with van der Waals surface area (Å²) < 4.78 is 78.4. The molecule has 0 radical (unpaired) electrons. The zero-order chi connectivity index (χ0) is 22.8. The fraction of sp³-hybridized carbons (Fsp3) is 0.100. The van der Waals surface area contributed by atoms with Crippen LogP contribution in [-0.4, -0.2) is 11.9 Å². The topological polar surface area (TPSA) is 58.2 Å². The van der Waals surface area contributed by atoms with Crippen molar-refractivity contribution in [3.8, 4) is 11.1 Å². The lowest BCUT2D eigenvalue weighted by Gasteiger charge is -2.10. The van der Waals surface area contributed by atoms with E-state index in [1.54, 1.807) is 6.07 Å². The van der Waals surface area contributed by atoms with Gasteiger partial charge < -0.3 is 5.32 Å². The Morgan fingerprint density at radius 2 is 1.48 bits per heavy atom. The Balaban J connectivity index is 1.79. The number of halogens is 6. The Morgan fingerprint density at radius 3 is 2.10 bits per heavy atom. The van der Waals surface area contributed by atoms with E-state index in [4.69, 9.17) is 0 Å². The molecule has 162 valence electrons. The van der Waals surface area contributed by atoms with Crippen LogP contribution in [0.2, 0.25) is 0 Å². The van der Waals surface area contributed by atoms with E-state index in [9.17, 15) is 35.9 Å². The second-order valence-electron chi connectivity index (χ2n) is 6.20. The monoisotopic (exact) mass is 458 g/mol. The number of carbonyl (C=O) groups excluding carboxylic acids is 2. The average molecular weight is 458 g/mol. The summed E-state index contributed by atoms with van der Waals surface area (Å²) in [6.45, 7) is 0. The van der Waals surface area contributed by atoms with Crippen molar-refractivity contribution in [3.05, 3.63) is 76.0 Å². The third kappa shape index (κ3) is 5.43. The SMILES string of the molecule is O=C(NC(=O)c1cc(-c2ccccc2)c(C(F)(F)F)s1)Nc1cccc(C(F)(F)F)c1. The van der Waals surface area contributed by atoms with Crippen LogP contribution in [0.5, 0.6) is 0 Å². The first kappa shape index (κ1) is 22.3. The predicted molar refractivity (Wildman–Crippen MR) is 103 cm³/mol. The number of hydrogen-bond acceptors (Lipinski definition) is 3. The molecule has 0 aliphatic heterocycles. The number of nitrogens with one attached hydrogen (secondary N) is 2. The first-order chi connectivity index (χ1) is 14.4. The van der Waals surface area contributed by atoms with Crippen LogP contribution in [0.4, 0.5) is 36.8 Å². The van der Waals surface area contributed by atoms with E-state index in [1.165, 1.54) is 30.3 Å². The Hall–Kier alpha value is -3.34. The second-order valence-corrected chi connectivity index (χ2v) is 7.26. The van der Waals surface area contributed by atoms with Crippen molar-refractivity contribution in [2.75, 3.05) is 5.32 Å². The third-order valence-corrected chi connectivity index (χ3v) is 5.15. The van der Waals surface area contributed by atoms with Crippen molar-refractivity contribution in [2.45, 2.75) is 12.4 Å². The van der Waals surface area contributed by atoms with Crippen molar-refractivity contribution in [1.82, 2.24) is 5.32 Å². The summed E-state index contributed by atoms with van der Waals surface area (Å²) in [5.41, 5.74) is -1.25. The molecular formula is C20H12F6N2O2S. The smallest absolute Gasteiger partial charge is 0.308 e. The normalized spacial score (nSPS) is 11.8. The molecule has 1 heterocycles. The fourth-order valence-corrected chi connectivity index (χ4v) is 3.59. The van der Waals surface area contributed by atoms with Gasteiger partial charge in [-0.05, 0) is 29.8 Å². The van der Waals surface area contributed by atoms with Crippen LogP contribution in [0.15, 0.2) is 60.7 Å². The molecule has 0 fully saturated rings. The Bertz CT molecular complexity index is 1110. The summed E-state index contributed by atoms with van der Waals surface area (Å²) in [5.74, 6) is -1.12. The van der Waals surface area contributed by atoms with Gasteiger partial charge in [0, 0.05) is 11.3 Å². The highest BCUT2D eigenvalue weighted by atomic mass is 32.1. The molecule has 1 aromatic heterocycles. The second kappa shape index (κ2) is 8.42. The van der Waals surface area contributed by atoms with Crippen LogP contribution in [0.3, 0.4) is 0 Å². The van der Waals surface area contributed by atoms with Crippen LogP contribution in [0.1, 0.15) is 20.1 Å². The summed E-state index contributed by atoms with van der Waals surface area (Å²) in [7, 11) is 0. The van der Waals surface area contributed by atoms with E-state index >= 15 is 0 Å². The van der Waals surface area contributed by atoms with Crippen molar-refractivity contribution >= 4 is 29.0 Å². The molecule has 31 heavy (non-hydrogen) atoms. The van der Waals surface area contributed by atoms with E-state index in [1.807, 2.05) is 10.6 Å². The molecule has 3 aromatic rings. The highest BCUT2D eigenvalue weighted by Crippen LogP contribution is 2.42. The summed E-state index contributed by atoms with van der Waals surface area (Å²) in [4.78, 5) is 22.9. The van der Waals surface area contributed by atoms with Gasteiger partial charge in [-0.2, -0.15) is 26.3 Å². The van der Waals surface area contributed by atoms with Gasteiger partial charge >= 0.3 is 18.4 Å². The van der Waals surface area contributed by atoms with Gasteiger partial charge in [0.2, 0.25) is 0 Å². The quantitative estimate of drug-likeness (QED) is 0.446. The van der Waals surface area contributed by atoms with Crippen molar-refractivity contribution in [2.24, 2.45) is 0 Å². The molecule has 0 saturated heterocycles. The highest BCUT2D eigenvalue weighted by Gasteiger charge is 2.37. The van der Waals surface area contributed by atoms with E-state index in [0.717, 1.165) is 18.2 Å². The lowest BCUT2D eigenvalue weighted by Crippen LogP contribution is -2.33. The maximum absolute atomic E-state index is 13.4. The summed E-state index contributed by atoms with van der Waals surface area (Å²) in [6, 6.07) is 11.1. The molecule has 2 N–H and O–H groups in total. The van der Waals surface area contributed by atoms with E-state index in [0.29, 0.717) is 6.07 Å². The van der Waals surface area contributed by atoms with Crippen LogP contribution in [0.25, 0.3) is 11.1 Å². The predicted octanol–water partition coefficient (Wildman–Crippen LogP) is 6.41. The van der Waals surface area contributed by atoms with Gasteiger partial charge in [0.15, 0.2) is 0 Å². The first-order valence-electron chi connectivity index (χ1n) is 8.51. The van der Waals surface area contributed by atoms with Gasteiger partial charge in [-0.25, -0.2) is 4.79 Å². The molecule has 2 aromatic carbocycles. The van der Waals surface area contributed by atoms with Crippen LogP contribution < -0.4 is 10.6 Å². The maximum atomic E-state index is 13.4. The Kier molecular flexibility index (Phi) is 6.07. The van der Waals surface area contributed by atoms with E-state index in [-0.39, 0.29) is 33.0 Å². The molecule has 0 spiro atoms. The molecule has 3 rings (SSSR count). The maximum Gasteiger partial charge on any atom is 0.426 e. The van der Waals surface area contributed by atoms with Gasteiger partial charge in [-0.1, -0.05) is 36.4 Å². The van der Waals surface area contributed by atoms with Crippen molar-refractivity contribution < 1.29 is 35.9 Å². The van der Waals surface area contributed by atoms with Crippen LogP contribution in [0, 0.1) is 0 Å². The van der Waals surface area contributed by atoms with Gasteiger partial charge in [0.1, 0.15) is 4.88 Å². The number of rotatable bonds is 3. The standard InChI is InChI=1S/C20H12F6N2O2S/c21-19(22,23)12-7-4-8-13(9-12)27-18(30)28-17(29)15-10-14(11-5-2-1-3-6-11)16(31-15)20(24,25)26/h1-10H,(H2,27,28,29,30). The van der Waals surface area contributed by atoms with E-state index in [2.05, 4.69) is 0 Å². The molecule has 0 aliphatic carbocycles. The average Bonchev–Trinajstić information content (AvgIpc) is 3.14. The zero-order valence-electron chi connectivity index (χ0n) is 15.3. The number of thiophene rings is 1. The molecule has 0 atom stereocenters. The minimum atomic E-state index is -4.73. The largest absolute Gasteiger partial charge is 0.426 e. The molecule has 0 unspecified atom stereocenters. The number of carbonyl (C=O) groups is 2. The molecule has 3 amide bonds. The van der Waals surface area contributed by atoms with E-state index < -0.39 is 34.7 Å². The molecule has 0 bridgehead atoms. The van der Waals surface area contributed by atoms with Gasteiger partial charge in [0.05, 0.1) is 10.4 Å². The summed E-state index contributed by atoms with van der Waals surface area (Å²) in [6.07, 6.45) is -9.36. The third-order valence-electron chi connectivity index (χ3n) is 3.97. The number of hydrogen-bond donors (Lipinski definition) is 2. The van der Waals surface area contributed by atoms with Gasteiger partial charge in [0.25, 0.3) is 5.91 Å². The number of anilines is 1. The zero-order valence-corrected chi connectivity index (χ0v) is 16.1. The number of amides is 3. The molecule has 11 heteroatoms. The van der Waals surface area contributed by atoms with Crippen LogP contribution in [-0.2, 0) is 12.4 Å².